The van der Waals surface area contributed by atoms with E-state index in [1.165, 1.54) is 5.69 Å². The van der Waals surface area contributed by atoms with Crippen molar-refractivity contribution in [2.45, 2.75) is 0 Å². The number of hydrogen-bond donors (Lipinski definition) is 2. The summed E-state index contributed by atoms with van der Waals surface area (Å²) in [6, 6.07) is 17.9. The Kier molecular flexibility index (Phi) is 4.19. The van der Waals surface area contributed by atoms with E-state index in [4.69, 9.17) is 10.5 Å². The molecule has 1 atom stereocenters. The second-order valence-corrected chi connectivity index (χ2v) is 5.55. The highest BCUT2D eigenvalue weighted by atomic mass is 16.5. The molecule has 0 radical (unpaired) electrons. The molecule has 22 heavy (non-hydrogen) atoms. The zero-order valence-corrected chi connectivity index (χ0v) is 12.7. The van der Waals surface area contributed by atoms with E-state index in [0.29, 0.717) is 5.92 Å². The zero-order valence-electron chi connectivity index (χ0n) is 12.7. The monoisotopic (exact) mass is 295 g/mol. The predicted molar refractivity (Wildman–Crippen MR) is 90.0 cm³/mol. The molecule has 114 valence electrons. The molecule has 0 saturated carbocycles. The van der Waals surface area contributed by atoms with Crippen LogP contribution in [0.1, 0.15) is 0 Å². The largest absolute Gasteiger partial charge is 0.457 e. The van der Waals surface area contributed by atoms with Gasteiger partial charge in [-0.3, -0.25) is 0 Å². The maximum absolute atomic E-state index is 5.81. The van der Waals surface area contributed by atoms with E-state index >= 15 is 0 Å². The molecule has 0 bridgehead atoms. The van der Waals surface area contributed by atoms with Crippen molar-refractivity contribution in [3.63, 3.8) is 0 Å². The molecular weight excluding hydrogens is 274 g/mol. The van der Waals surface area contributed by atoms with Crippen molar-refractivity contribution < 1.29 is 4.74 Å². The van der Waals surface area contributed by atoms with Gasteiger partial charge in [0, 0.05) is 31.7 Å². The summed E-state index contributed by atoms with van der Waals surface area (Å²) in [6.07, 6.45) is 2.09. The SMILES string of the molecule is CN(C[C@H]1C=C(N)NC1)c1ccc(Oc2ccccc2)cc1. The molecule has 2 aromatic rings. The van der Waals surface area contributed by atoms with Gasteiger partial charge in [-0.05, 0) is 42.5 Å². The molecular formula is C18H21N3O. The number of nitrogens with zero attached hydrogens (tertiary/aromatic N) is 1. The van der Waals surface area contributed by atoms with Gasteiger partial charge in [0.1, 0.15) is 11.5 Å². The van der Waals surface area contributed by atoms with Gasteiger partial charge < -0.3 is 20.7 Å². The first-order chi connectivity index (χ1) is 10.7. The van der Waals surface area contributed by atoms with Crippen molar-refractivity contribution in [2.24, 2.45) is 11.7 Å². The molecule has 1 aliphatic heterocycles. The lowest BCUT2D eigenvalue weighted by molar-refractivity contribution is 0.482. The third-order valence-electron chi connectivity index (χ3n) is 3.75. The van der Waals surface area contributed by atoms with E-state index in [1.807, 2.05) is 42.5 Å². The molecule has 0 aromatic heterocycles. The molecule has 4 heteroatoms. The maximum atomic E-state index is 5.81. The van der Waals surface area contributed by atoms with E-state index < -0.39 is 0 Å². The number of nitrogens with one attached hydrogen (secondary N) is 1. The van der Waals surface area contributed by atoms with Crippen LogP contribution in [0.3, 0.4) is 0 Å². The van der Waals surface area contributed by atoms with Crippen LogP contribution in [0.25, 0.3) is 0 Å². The Hall–Kier alpha value is -2.62. The number of benzene rings is 2. The van der Waals surface area contributed by atoms with Crippen LogP contribution in [-0.2, 0) is 0 Å². The molecule has 0 saturated heterocycles. The fourth-order valence-electron chi connectivity index (χ4n) is 2.59. The van der Waals surface area contributed by atoms with Crippen LogP contribution in [0.15, 0.2) is 66.5 Å². The van der Waals surface area contributed by atoms with Gasteiger partial charge in [-0.15, -0.1) is 0 Å². The molecule has 3 rings (SSSR count). The van der Waals surface area contributed by atoms with Crippen molar-refractivity contribution in [2.75, 3.05) is 25.0 Å². The molecule has 2 aromatic carbocycles. The summed E-state index contributed by atoms with van der Waals surface area (Å²) in [5, 5.41) is 3.16. The molecule has 0 fully saturated rings. The summed E-state index contributed by atoms with van der Waals surface area (Å²) >= 11 is 0. The fourth-order valence-corrected chi connectivity index (χ4v) is 2.59. The Labute approximate surface area is 131 Å². The number of anilines is 1. The molecule has 1 heterocycles. The minimum absolute atomic E-state index is 0.449. The predicted octanol–water partition coefficient (Wildman–Crippen LogP) is 2.93. The van der Waals surface area contributed by atoms with E-state index in [0.717, 1.165) is 30.4 Å². The zero-order chi connectivity index (χ0) is 15.4. The van der Waals surface area contributed by atoms with Crippen molar-refractivity contribution in [1.82, 2.24) is 5.32 Å². The first-order valence-corrected chi connectivity index (χ1v) is 7.46. The Balaban J connectivity index is 1.61. The first-order valence-electron chi connectivity index (χ1n) is 7.46. The number of para-hydroxylation sites is 1. The van der Waals surface area contributed by atoms with E-state index in [9.17, 15) is 0 Å². The third-order valence-corrected chi connectivity index (χ3v) is 3.75. The topological polar surface area (TPSA) is 50.5 Å². The standard InChI is InChI=1S/C18H21N3O/c1-21(13-14-11-18(19)20-12-14)15-7-9-17(10-8-15)22-16-5-3-2-4-6-16/h2-11,14,20H,12-13,19H2,1H3/t14-/m0/s1. The van der Waals surface area contributed by atoms with Gasteiger partial charge in [-0.25, -0.2) is 0 Å². The van der Waals surface area contributed by atoms with Gasteiger partial charge in [-0.2, -0.15) is 0 Å². The number of hydrogen-bond acceptors (Lipinski definition) is 4. The van der Waals surface area contributed by atoms with Crippen molar-refractivity contribution >= 4 is 5.69 Å². The summed E-state index contributed by atoms with van der Waals surface area (Å²) in [5.74, 6) is 2.92. The molecule has 0 spiro atoms. The van der Waals surface area contributed by atoms with Crippen LogP contribution in [0.4, 0.5) is 5.69 Å². The molecule has 4 nitrogen and oxygen atoms in total. The summed E-state index contributed by atoms with van der Waals surface area (Å²) in [5.41, 5.74) is 6.91. The lowest BCUT2D eigenvalue weighted by Crippen LogP contribution is -2.27. The van der Waals surface area contributed by atoms with Crippen molar-refractivity contribution in [1.29, 1.82) is 0 Å². The lowest BCUT2D eigenvalue weighted by Gasteiger charge is -2.22. The Morgan fingerprint density at radius 3 is 2.41 bits per heavy atom. The number of nitrogens with two attached hydrogens (primary N) is 1. The summed E-state index contributed by atoms with van der Waals surface area (Å²) < 4.78 is 5.81. The summed E-state index contributed by atoms with van der Waals surface area (Å²) in [6.45, 7) is 1.85. The van der Waals surface area contributed by atoms with Crippen molar-refractivity contribution in [3.8, 4) is 11.5 Å². The van der Waals surface area contributed by atoms with Crippen LogP contribution in [-0.4, -0.2) is 20.1 Å². The van der Waals surface area contributed by atoms with Crippen LogP contribution in [0.5, 0.6) is 11.5 Å². The van der Waals surface area contributed by atoms with Gasteiger partial charge in [0.25, 0.3) is 0 Å². The minimum Gasteiger partial charge on any atom is -0.457 e. The Morgan fingerprint density at radius 1 is 1.09 bits per heavy atom. The maximum Gasteiger partial charge on any atom is 0.127 e. The van der Waals surface area contributed by atoms with Crippen LogP contribution < -0.4 is 20.7 Å². The average Bonchev–Trinajstić information content (AvgIpc) is 2.94. The highest BCUT2D eigenvalue weighted by Gasteiger charge is 2.15. The highest BCUT2D eigenvalue weighted by Crippen LogP contribution is 2.24. The molecule has 0 aliphatic carbocycles. The summed E-state index contributed by atoms with van der Waals surface area (Å²) in [7, 11) is 2.09. The van der Waals surface area contributed by atoms with Gasteiger partial charge >= 0.3 is 0 Å². The molecule has 0 unspecified atom stereocenters. The normalized spacial score (nSPS) is 16.8. The second kappa shape index (κ2) is 6.43. The first kappa shape index (κ1) is 14.3. The number of ether oxygens (including phenoxy) is 1. The Bertz CT molecular complexity index is 637. The third kappa shape index (κ3) is 3.52. The van der Waals surface area contributed by atoms with Gasteiger partial charge in [0.15, 0.2) is 0 Å². The molecule has 0 amide bonds. The van der Waals surface area contributed by atoms with Gasteiger partial charge in [0.05, 0.1) is 5.82 Å². The van der Waals surface area contributed by atoms with Crippen LogP contribution in [0, 0.1) is 5.92 Å². The second-order valence-electron chi connectivity index (χ2n) is 5.55. The average molecular weight is 295 g/mol. The quantitative estimate of drug-likeness (QED) is 0.890. The molecule has 3 N–H and O–H groups in total. The van der Waals surface area contributed by atoms with Gasteiger partial charge in [-0.1, -0.05) is 18.2 Å². The molecule has 1 aliphatic rings. The van der Waals surface area contributed by atoms with E-state index in [1.54, 1.807) is 0 Å². The van der Waals surface area contributed by atoms with Gasteiger partial charge in [0.2, 0.25) is 0 Å². The minimum atomic E-state index is 0.449. The van der Waals surface area contributed by atoms with Crippen molar-refractivity contribution in [3.05, 3.63) is 66.5 Å². The summed E-state index contributed by atoms with van der Waals surface area (Å²) in [4.78, 5) is 2.23. The number of rotatable bonds is 5. The lowest BCUT2D eigenvalue weighted by atomic mass is 10.1. The highest BCUT2D eigenvalue weighted by molar-refractivity contribution is 5.49. The van der Waals surface area contributed by atoms with E-state index in [-0.39, 0.29) is 0 Å². The van der Waals surface area contributed by atoms with Crippen LogP contribution >= 0.6 is 0 Å². The van der Waals surface area contributed by atoms with Crippen LogP contribution in [0.2, 0.25) is 0 Å². The smallest absolute Gasteiger partial charge is 0.127 e. The Morgan fingerprint density at radius 2 is 1.77 bits per heavy atom. The fraction of sp³-hybridized carbons (Fsp3) is 0.222. The van der Waals surface area contributed by atoms with E-state index in [2.05, 4.69) is 35.5 Å².